The van der Waals surface area contributed by atoms with Gasteiger partial charge in [0.15, 0.2) is 0 Å². The Morgan fingerprint density at radius 3 is 1.84 bits per heavy atom. The fraction of sp³-hybridized carbons (Fsp3) is 0. The molecular weight excluding hydrogens is 687 g/mol. The minimum Gasteiger partial charge on any atom is -0.310 e. The van der Waals surface area contributed by atoms with Gasteiger partial charge >= 0.3 is 0 Å². The first-order valence-corrected chi connectivity index (χ1v) is 20.1. The van der Waals surface area contributed by atoms with Gasteiger partial charge in [-0.25, -0.2) is 0 Å². The van der Waals surface area contributed by atoms with Crippen LogP contribution in [0.5, 0.6) is 0 Å². The molecule has 4 heterocycles. The number of aromatic nitrogens is 2. The van der Waals surface area contributed by atoms with Gasteiger partial charge in [0.05, 0.1) is 22.1 Å². The number of benzene rings is 10. The summed E-state index contributed by atoms with van der Waals surface area (Å²) in [5.74, 6) is 0. The van der Waals surface area contributed by atoms with Crippen LogP contribution < -0.4 is 16.4 Å². The average Bonchev–Trinajstić information content (AvgIpc) is 3.77. The van der Waals surface area contributed by atoms with Crippen molar-refractivity contribution >= 4 is 99.0 Å². The molecule has 2 nitrogen and oxygen atoms in total. The monoisotopic (exact) mass is 716 g/mol. The van der Waals surface area contributed by atoms with Gasteiger partial charge in [-0.15, -0.1) is 0 Å². The molecule has 2 aromatic heterocycles. The second-order valence-electron chi connectivity index (χ2n) is 16.4. The summed E-state index contributed by atoms with van der Waals surface area (Å²) in [5, 5.41) is 13.2. The van der Waals surface area contributed by atoms with Gasteiger partial charge in [-0.2, -0.15) is 0 Å². The van der Waals surface area contributed by atoms with E-state index < -0.39 is 0 Å². The highest BCUT2D eigenvalue weighted by Gasteiger charge is 2.42. The van der Waals surface area contributed by atoms with E-state index in [0.717, 1.165) is 0 Å². The molecule has 0 radical (unpaired) electrons. The topological polar surface area (TPSA) is 9.86 Å². The molecule has 0 N–H and O–H groups in total. The molecule has 12 aromatic rings. The predicted octanol–water partition coefficient (Wildman–Crippen LogP) is 11.8. The zero-order chi connectivity index (χ0) is 36.7. The molecule has 2 aliphatic heterocycles. The predicted molar refractivity (Wildman–Crippen MR) is 242 cm³/mol. The van der Waals surface area contributed by atoms with Crippen LogP contribution in [-0.2, 0) is 0 Å². The van der Waals surface area contributed by atoms with Gasteiger partial charge in [0.25, 0.3) is 6.71 Å². The summed E-state index contributed by atoms with van der Waals surface area (Å²) >= 11 is 0. The van der Waals surface area contributed by atoms with Crippen molar-refractivity contribution in [1.29, 1.82) is 0 Å². The fourth-order valence-corrected chi connectivity index (χ4v) is 11.6. The van der Waals surface area contributed by atoms with E-state index in [1.165, 1.54) is 137 Å². The number of hydrogen-bond donors (Lipinski definition) is 0. The van der Waals surface area contributed by atoms with Crippen LogP contribution in [0, 0.1) is 0 Å². The van der Waals surface area contributed by atoms with E-state index >= 15 is 0 Å². The normalized spacial score (nSPS) is 13.2. The third kappa shape index (κ3) is 3.35. The van der Waals surface area contributed by atoms with Gasteiger partial charge in [0, 0.05) is 32.9 Å². The molecule has 0 amide bonds. The van der Waals surface area contributed by atoms with Crippen LogP contribution in [0.25, 0.3) is 121 Å². The van der Waals surface area contributed by atoms with E-state index in [2.05, 4.69) is 185 Å². The molecule has 0 unspecified atom stereocenters. The first-order valence-electron chi connectivity index (χ1n) is 20.1. The summed E-state index contributed by atoms with van der Waals surface area (Å²) in [6.45, 7) is 0.0552. The zero-order valence-electron chi connectivity index (χ0n) is 30.7. The third-order valence-electron chi connectivity index (χ3n) is 13.8. The Kier molecular flexibility index (Phi) is 5.03. The largest absolute Gasteiger partial charge is 0.310 e. The van der Waals surface area contributed by atoms with Gasteiger partial charge in [-0.05, 0) is 112 Å². The van der Waals surface area contributed by atoms with Gasteiger partial charge < -0.3 is 9.13 Å². The standard InChI is InChI=1S/C54H29BN2/c1-2-11-32-26-33(21-20-30(32)10-1)35-28-46-52-47(29-35)57-45-25-22-31-13-9-18-39-37-15-5-6-16-38(37)40-23-24-42(53(57)50(40)51(45)48(31)39)55(52)43-27-34-12-3-4-14-36(34)49-41-17-7-8-19-44(41)56(46)54(43)49/h1-29H. The first kappa shape index (κ1) is 29.0. The van der Waals surface area contributed by atoms with E-state index in [1.807, 2.05) is 0 Å². The van der Waals surface area contributed by atoms with Gasteiger partial charge in [0.2, 0.25) is 0 Å². The highest BCUT2D eigenvalue weighted by Crippen LogP contribution is 2.51. The van der Waals surface area contributed by atoms with Crippen molar-refractivity contribution in [1.82, 2.24) is 9.13 Å². The van der Waals surface area contributed by atoms with Crippen LogP contribution in [0.4, 0.5) is 0 Å². The molecule has 3 heteroatoms. The molecule has 0 saturated heterocycles. The lowest BCUT2D eigenvalue weighted by Gasteiger charge is -2.34. The maximum Gasteiger partial charge on any atom is 0.252 e. The summed E-state index contributed by atoms with van der Waals surface area (Å²) in [5.41, 5.74) is 19.6. The number of para-hydroxylation sites is 1. The van der Waals surface area contributed by atoms with Crippen molar-refractivity contribution in [2.45, 2.75) is 0 Å². The molecule has 15 rings (SSSR count). The Balaban J connectivity index is 1.20. The Labute approximate surface area is 327 Å². The van der Waals surface area contributed by atoms with Crippen LogP contribution in [0.3, 0.4) is 0 Å². The lowest BCUT2D eigenvalue weighted by molar-refractivity contribution is 1.14. The van der Waals surface area contributed by atoms with Crippen molar-refractivity contribution in [3.63, 3.8) is 0 Å². The van der Waals surface area contributed by atoms with E-state index in [4.69, 9.17) is 0 Å². The Bertz CT molecular complexity index is 3880. The van der Waals surface area contributed by atoms with Crippen molar-refractivity contribution in [3.05, 3.63) is 176 Å². The third-order valence-corrected chi connectivity index (χ3v) is 13.8. The quantitative estimate of drug-likeness (QED) is 0.150. The average molecular weight is 717 g/mol. The molecule has 0 saturated carbocycles. The summed E-state index contributed by atoms with van der Waals surface area (Å²) in [4.78, 5) is 0. The van der Waals surface area contributed by atoms with Crippen LogP contribution in [0.1, 0.15) is 0 Å². The highest BCUT2D eigenvalue weighted by atomic mass is 15.0. The maximum absolute atomic E-state index is 2.66. The van der Waals surface area contributed by atoms with Crippen molar-refractivity contribution in [3.8, 4) is 44.8 Å². The molecule has 0 spiro atoms. The Morgan fingerprint density at radius 2 is 0.982 bits per heavy atom. The maximum atomic E-state index is 2.66. The molecule has 57 heavy (non-hydrogen) atoms. The summed E-state index contributed by atoms with van der Waals surface area (Å²) in [6.07, 6.45) is 0. The van der Waals surface area contributed by atoms with Crippen molar-refractivity contribution in [2.75, 3.05) is 0 Å². The number of nitrogens with zero attached hydrogens (tertiary/aromatic N) is 2. The molecule has 0 fully saturated rings. The number of rotatable bonds is 1. The summed E-state index contributed by atoms with van der Waals surface area (Å²) in [7, 11) is 0. The molecular formula is C54H29BN2. The lowest BCUT2D eigenvalue weighted by atomic mass is 9.34. The van der Waals surface area contributed by atoms with Gasteiger partial charge in [0.1, 0.15) is 0 Å². The molecule has 3 aliphatic rings. The molecule has 258 valence electrons. The van der Waals surface area contributed by atoms with E-state index in [1.54, 1.807) is 0 Å². The second kappa shape index (κ2) is 9.89. The van der Waals surface area contributed by atoms with E-state index in [9.17, 15) is 0 Å². The number of hydrogen-bond acceptors (Lipinski definition) is 0. The van der Waals surface area contributed by atoms with Crippen molar-refractivity contribution in [2.24, 2.45) is 0 Å². The van der Waals surface area contributed by atoms with Crippen LogP contribution in [0.2, 0.25) is 0 Å². The van der Waals surface area contributed by atoms with Crippen LogP contribution in [-0.4, -0.2) is 15.8 Å². The Morgan fingerprint density at radius 1 is 0.333 bits per heavy atom. The highest BCUT2D eigenvalue weighted by molar-refractivity contribution is 7.00. The zero-order valence-corrected chi connectivity index (χ0v) is 30.7. The van der Waals surface area contributed by atoms with E-state index in [0.29, 0.717) is 0 Å². The first-order chi connectivity index (χ1) is 28.3. The fourth-order valence-electron chi connectivity index (χ4n) is 11.6. The molecule has 0 bridgehead atoms. The smallest absolute Gasteiger partial charge is 0.252 e. The van der Waals surface area contributed by atoms with Crippen molar-refractivity contribution < 1.29 is 0 Å². The minimum atomic E-state index is 0.0552. The number of fused-ring (bicyclic) bond motifs is 14. The lowest BCUT2D eigenvalue weighted by Crippen LogP contribution is -2.59. The summed E-state index contributed by atoms with van der Waals surface area (Å²) in [6, 6.07) is 66.9. The second-order valence-corrected chi connectivity index (χ2v) is 16.4. The summed E-state index contributed by atoms with van der Waals surface area (Å²) < 4.78 is 5.27. The van der Waals surface area contributed by atoms with E-state index in [-0.39, 0.29) is 6.71 Å². The SMILES string of the molecule is c1ccc2c(c1)-c1cccc3ccc4c(c13)c1c-2ccc2c1n4-c1cc(-c3ccc4ccccc4c3)cc3c1B2c1cc2ccccc2c2c4ccccc4n-3c12. The van der Waals surface area contributed by atoms with Gasteiger partial charge in [-0.1, -0.05) is 146 Å². The molecule has 1 aliphatic carbocycles. The molecule has 10 aromatic carbocycles. The minimum absolute atomic E-state index is 0.0552. The van der Waals surface area contributed by atoms with Gasteiger partial charge in [-0.3, -0.25) is 0 Å². The van der Waals surface area contributed by atoms with Crippen LogP contribution in [0.15, 0.2) is 176 Å². The van der Waals surface area contributed by atoms with Crippen LogP contribution >= 0.6 is 0 Å². The molecule has 0 atom stereocenters. The Hall–Kier alpha value is -7.36.